The Morgan fingerprint density at radius 1 is 1.39 bits per heavy atom. The average molecular weight is 472 g/mol. The molecule has 1 atom stereocenters. The zero-order chi connectivity index (χ0) is 23.8. The molecule has 0 radical (unpaired) electrons. The second kappa shape index (κ2) is 8.96. The van der Waals surface area contributed by atoms with Crippen molar-refractivity contribution in [3.63, 3.8) is 0 Å². The van der Waals surface area contributed by atoms with E-state index in [1.807, 2.05) is 0 Å². The van der Waals surface area contributed by atoms with Crippen LogP contribution in [0.2, 0.25) is 25.7 Å². The first-order valence-electron chi connectivity index (χ1n) is 10.8. The van der Waals surface area contributed by atoms with Gasteiger partial charge in [-0.1, -0.05) is 19.6 Å². The van der Waals surface area contributed by atoms with E-state index in [0.717, 1.165) is 10.4 Å². The quantitative estimate of drug-likeness (QED) is 0.419. The van der Waals surface area contributed by atoms with Gasteiger partial charge in [0.15, 0.2) is 17.0 Å². The fraction of sp³-hybridized carbons (Fsp3) is 0.455. The Labute approximate surface area is 190 Å². The second-order valence-corrected chi connectivity index (χ2v) is 14.8. The second-order valence-electron chi connectivity index (χ2n) is 9.20. The number of nitriles is 1. The molecular formula is C22H26FN5O4Si. The number of pyridine rings is 1. The third kappa shape index (κ3) is 4.49. The smallest absolute Gasteiger partial charge is 0.338 e. The van der Waals surface area contributed by atoms with Gasteiger partial charge in [-0.25, -0.2) is 18.6 Å². The van der Waals surface area contributed by atoms with Crippen molar-refractivity contribution in [3.8, 4) is 11.9 Å². The minimum Gasteiger partial charge on any atom is -0.499 e. The Hall–Kier alpha value is -3.23. The molecule has 0 N–H and O–H groups in total. The number of aromatic nitrogens is 3. The molecule has 0 aliphatic carbocycles. The van der Waals surface area contributed by atoms with E-state index >= 15 is 0 Å². The van der Waals surface area contributed by atoms with Crippen LogP contribution in [-0.2, 0) is 16.2 Å². The van der Waals surface area contributed by atoms with E-state index in [0.29, 0.717) is 19.6 Å². The summed E-state index contributed by atoms with van der Waals surface area (Å²) < 4.78 is 34.6. The lowest BCUT2D eigenvalue weighted by molar-refractivity contribution is 0.0824. The molecule has 0 unspecified atom stereocenters. The molecule has 9 nitrogen and oxygen atoms in total. The Morgan fingerprint density at radius 3 is 2.91 bits per heavy atom. The average Bonchev–Trinajstić information content (AvgIpc) is 2.85. The van der Waals surface area contributed by atoms with Crippen LogP contribution in [0.1, 0.15) is 18.9 Å². The van der Waals surface area contributed by atoms with Crippen molar-refractivity contribution >= 4 is 24.6 Å². The molecule has 5 heterocycles. The number of ether oxygens (including phenoxy) is 3. The zero-order valence-corrected chi connectivity index (χ0v) is 20.1. The standard InChI is InChI=1S/C22H26FN5O4Si/c1-14-5-7-30-8-6-25-20-18-15-11-17(23)19(26-21(32-14)16(15)12-24)28(18)22(29)27(20)13-31-9-10-33(2,3)4/h6,8,11,14H,5,7,9-10,13H2,1-4H3/t14-/m1/s1. The monoisotopic (exact) mass is 471 g/mol. The summed E-state index contributed by atoms with van der Waals surface area (Å²) in [5, 5.41) is 10.1. The molecule has 1 aliphatic heterocycles. The van der Waals surface area contributed by atoms with Gasteiger partial charge in [-0.2, -0.15) is 10.2 Å². The molecule has 0 amide bonds. The molecule has 4 aromatic rings. The van der Waals surface area contributed by atoms with Gasteiger partial charge >= 0.3 is 5.69 Å². The van der Waals surface area contributed by atoms with Gasteiger partial charge in [0.05, 0.1) is 12.8 Å². The van der Waals surface area contributed by atoms with Crippen molar-refractivity contribution in [2.24, 2.45) is 4.99 Å². The number of nitrogens with zero attached hydrogens (tertiary/aromatic N) is 5. The first-order chi connectivity index (χ1) is 15.7. The molecule has 0 saturated heterocycles. The van der Waals surface area contributed by atoms with Gasteiger partial charge in [-0.3, -0.25) is 4.57 Å². The van der Waals surface area contributed by atoms with Crippen molar-refractivity contribution in [1.29, 1.82) is 5.26 Å². The number of rotatable bonds is 5. The maximum Gasteiger partial charge on any atom is 0.338 e. The molecular weight excluding hydrogens is 445 g/mol. The largest absolute Gasteiger partial charge is 0.499 e. The van der Waals surface area contributed by atoms with Crippen molar-refractivity contribution in [1.82, 2.24) is 14.0 Å². The summed E-state index contributed by atoms with van der Waals surface area (Å²) in [5.74, 6) is -0.758. The fourth-order valence-corrected chi connectivity index (χ4v) is 4.33. The van der Waals surface area contributed by atoms with E-state index in [1.54, 1.807) is 6.92 Å². The molecule has 4 aromatic heterocycles. The molecule has 0 fully saturated rings. The molecule has 33 heavy (non-hydrogen) atoms. The van der Waals surface area contributed by atoms with Crippen LogP contribution in [0.15, 0.2) is 28.3 Å². The summed E-state index contributed by atoms with van der Waals surface area (Å²) in [6, 6.07) is 4.19. The SMILES string of the molecule is C[C@@H]1CCOC=CN=c2c3c4cc(F)c(nc(c4C#N)O1)n3c(=O)n2COCC[Si](C)(C)C. The summed E-state index contributed by atoms with van der Waals surface area (Å²) in [5.41, 5.74) is -0.273. The molecule has 4 bridgehead atoms. The van der Waals surface area contributed by atoms with Crippen LogP contribution in [0.4, 0.5) is 4.39 Å². The fourth-order valence-electron chi connectivity index (χ4n) is 3.57. The Bertz CT molecular complexity index is 1380. The Kier molecular flexibility index (Phi) is 6.23. The topological polar surface area (TPSA) is 103 Å². The molecule has 0 aromatic carbocycles. The van der Waals surface area contributed by atoms with Gasteiger partial charge in [-0.05, 0) is 19.0 Å². The van der Waals surface area contributed by atoms with Crippen LogP contribution in [-0.4, -0.2) is 41.3 Å². The molecule has 1 aliphatic rings. The van der Waals surface area contributed by atoms with Crippen LogP contribution in [0.3, 0.4) is 0 Å². The molecule has 0 saturated carbocycles. The number of hydrogen-bond donors (Lipinski definition) is 0. The van der Waals surface area contributed by atoms with Crippen molar-refractivity contribution < 1.29 is 18.6 Å². The Balaban J connectivity index is 2.00. The van der Waals surface area contributed by atoms with Gasteiger partial charge < -0.3 is 14.2 Å². The predicted molar refractivity (Wildman–Crippen MR) is 122 cm³/mol. The van der Waals surface area contributed by atoms with Crippen LogP contribution in [0.25, 0.3) is 16.6 Å². The van der Waals surface area contributed by atoms with E-state index in [9.17, 15) is 14.4 Å². The van der Waals surface area contributed by atoms with Gasteiger partial charge in [0.2, 0.25) is 5.88 Å². The number of halogens is 1. The summed E-state index contributed by atoms with van der Waals surface area (Å²) in [7, 11) is -1.32. The molecule has 11 heteroatoms. The van der Waals surface area contributed by atoms with Crippen molar-refractivity contribution in [3.05, 3.63) is 45.9 Å². The zero-order valence-electron chi connectivity index (χ0n) is 19.1. The predicted octanol–water partition coefficient (Wildman–Crippen LogP) is 2.97. The molecule has 5 rings (SSSR count). The van der Waals surface area contributed by atoms with Crippen LogP contribution >= 0.6 is 0 Å². The van der Waals surface area contributed by atoms with Gasteiger partial charge in [0.1, 0.15) is 36.2 Å². The number of hydrogen-bond acceptors (Lipinski definition) is 7. The Morgan fingerprint density at radius 2 is 2.18 bits per heavy atom. The molecule has 0 spiro atoms. The third-order valence-corrected chi connectivity index (χ3v) is 7.10. The third-order valence-electron chi connectivity index (χ3n) is 5.39. The van der Waals surface area contributed by atoms with Gasteiger partial charge in [0, 0.05) is 26.5 Å². The first kappa shape index (κ1) is 22.9. The normalized spacial score (nSPS) is 16.7. The van der Waals surface area contributed by atoms with E-state index < -0.39 is 19.6 Å². The van der Waals surface area contributed by atoms with Crippen molar-refractivity contribution in [2.45, 2.75) is 51.9 Å². The highest BCUT2D eigenvalue weighted by atomic mass is 28.3. The minimum absolute atomic E-state index is 0.0295. The number of fused-ring (bicyclic) bond motifs is 1. The van der Waals surface area contributed by atoms with Crippen LogP contribution in [0, 0.1) is 17.1 Å². The van der Waals surface area contributed by atoms with Gasteiger partial charge in [-0.15, -0.1) is 0 Å². The lowest BCUT2D eigenvalue weighted by atomic mass is 10.2. The maximum atomic E-state index is 15.0. The highest BCUT2D eigenvalue weighted by Crippen LogP contribution is 2.28. The minimum atomic E-state index is -1.32. The van der Waals surface area contributed by atoms with E-state index in [2.05, 4.69) is 35.7 Å². The highest BCUT2D eigenvalue weighted by Gasteiger charge is 2.24. The summed E-state index contributed by atoms with van der Waals surface area (Å²) in [6.45, 7) is 9.28. The summed E-state index contributed by atoms with van der Waals surface area (Å²) in [6.07, 6.45) is 3.01. The summed E-state index contributed by atoms with van der Waals surface area (Å²) >= 11 is 0. The lowest BCUT2D eigenvalue weighted by Crippen LogP contribution is -2.30. The van der Waals surface area contributed by atoms with E-state index in [-0.39, 0.29) is 46.3 Å². The van der Waals surface area contributed by atoms with E-state index in [1.165, 1.54) is 23.1 Å². The highest BCUT2D eigenvalue weighted by molar-refractivity contribution is 6.76. The van der Waals surface area contributed by atoms with E-state index in [4.69, 9.17) is 14.2 Å². The van der Waals surface area contributed by atoms with Crippen LogP contribution in [0.5, 0.6) is 5.88 Å². The van der Waals surface area contributed by atoms with Crippen LogP contribution < -0.4 is 15.9 Å². The maximum absolute atomic E-state index is 15.0. The molecule has 174 valence electrons. The summed E-state index contributed by atoms with van der Waals surface area (Å²) in [4.78, 5) is 22.1. The number of imidazole rings is 1. The lowest BCUT2D eigenvalue weighted by Gasteiger charge is -2.15. The van der Waals surface area contributed by atoms with Crippen molar-refractivity contribution in [2.75, 3.05) is 13.2 Å². The van der Waals surface area contributed by atoms with Gasteiger partial charge in [0.25, 0.3) is 0 Å². The first-order valence-corrected chi connectivity index (χ1v) is 14.5.